The molecule has 3 nitrogen and oxygen atoms in total. The van der Waals surface area contributed by atoms with Crippen molar-refractivity contribution >= 4 is 17.4 Å². The van der Waals surface area contributed by atoms with E-state index in [0.717, 1.165) is 30.2 Å². The van der Waals surface area contributed by atoms with E-state index in [-0.39, 0.29) is 6.61 Å². The quantitative estimate of drug-likeness (QED) is 0.538. The molecule has 0 saturated carbocycles. The molecule has 0 saturated heterocycles. The van der Waals surface area contributed by atoms with E-state index in [9.17, 15) is 0 Å². The van der Waals surface area contributed by atoms with Crippen LogP contribution < -0.4 is 10.1 Å². The van der Waals surface area contributed by atoms with Crippen LogP contribution in [0.15, 0.2) is 53.4 Å². The molecule has 0 aliphatic rings. The number of hydrogen-bond acceptors (Lipinski definition) is 4. The summed E-state index contributed by atoms with van der Waals surface area (Å²) >= 11 is 1.77. The van der Waals surface area contributed by atoms with Gasteiger partial charge in [0.2, 0.25) is 0 Å². The van der Waals surface area contributed by atoms with Gasteiger partial charge in [0.05, 0.1) is 6.61 Å². The number of anilines is 1. The van der Waals surface area contributed by atoms with Gasteiger partial charge in [-0.15, -0.1) is 11.8 Å². The van der Waals surface area contributed by atoms with Crippen LogP contribution in [0.3, 0.4) is 0 Å². The summed E-state index contributed by atoms with van der Waals surface area (Å²) in [7, 11) is 0. The van der Waals surface area contributed by atoms with Gasteiger partial charge in [-0.2, -0.15) is 0 Å². The first kappa shape index (κ1) is 16.7. The zero-order valence-corrected chi connectivity index (χ0v) is 13.7. The average molecular weight is 317 g/mol. The van der Waals surface area contributed by atoms with E-state index in [1.165, 1.54) is 10.5 Å². The molecule has 0 atom stereocenters. The number of aliphatic hydroxyl groups excluding tert-OH is 1. The minimum absolute atomic E-state index is 0.259. The van der Waals surface area contributed by atoms with Crippen LogP contribution in [0.25, 0.3) is 0 Å². The van der Waals surface area contributed by atoms with Crippen LogP contribution in [0.1, 0.15) is 18.9 Å². The normalized spacial score (nSPS) is 10.5. The number of thioether (sulfide) groups is 1. The summed E-state index contributed by atoms with van der Waals surface area (Å²) in [6.07, 6.45) is 0.836. The van der Waals surface area contributed by atoms with Gasteiger partial charge in [-0.1, -0.05) is 12.1 Å². The van der Waals surface area contributed by atoms with Crippen molar-refractivity contribution in [2.45, 2.75) is 24.8 Å². The summed E-state index contributed by atoms with van der Waals surface area (Å²) in [5.41, 5.74) is 2.34. The summed E-state index contributed by atoms with van der Waals surface area (Å²) in [5, 5.41) is 12.2. The first-order chi connectivity index (χ1) is 10.8. The maximum Gasteiger partial charge on any atom is 0.119 e. The molecular formula is C18H23NO2S. The minimum atomic E-state index is 0.259. The number of ether oxygens (including phenoxy) is 1. The van der Waals surface area contributed by atoms with Crippen molar-refractivity contribution in [3.05, 3.63) is 54.1 Å². The van der Waals surface area contributed by atoms with Gasteiger partial charge in [-0.3, -0.25) is 0 Å². The molecule has 0 aromatic heterocycles. The van der Waals surface area contributed by atoms with Crippen LogP contribution in [-0.4, -0.2) is 24.1 Å². The lowest BCUT2D eigenvalue weighted by molar-refractivity contribution is 0.296. The molecule has 4 heteroatoms. The third-order valence-corrected chi connectivity index (χ3v) is 4.25. The summed E-state index contributed by atoms with van der Waals surface area (Å²) in [6, 6.07) is 16.6. The highest BCUT2D eigenvalue weighted by molar-refractivity contribution is 7.99. The second-order valence-corrected chi connectivity index (χ2v) is 6.05. The highest BCUT2D eigenvalue weighted by atomic mass is 32.2. The second-order valence-electron chi connectivity index (χ2n) is 4.88. The monoisotopic (exact) mass is 317 g/mol. The minimum Gasteiger partial charge on any atom is -0.494 e. The van der Waals surface area contributed by atoms with Crippen LogP contribution in [0, 0.1) is 0 Å². The van der Waals surface area contributed by atoms with Crippen molar-refractivity contribution in [3.8, 4) is 5.75 Å². The molecule has 0 unspecified atom stereocenters. The predicted molar refractivity (Wildman–Crippen MR) is 93.8 cm³/mol. The summed E-state index contributed by atoms with van der Waals surface area (Å²) in [6.45, 7) is 3.74. The van der Waals surface area contributed by atoms with Crippen molar-refractivity contribution < 1.29 is 9.84 Å². The summed E-state index contributed by atoms with van der Waals surface area (Å²) < 4.78 is 5.44. The van der Waals surface area contributed by atoms with Crippen molar-refractivity contribution in [1.29, 1.82) is 0 Å². The Balaban J connectivity index is 1.80. The van der Waals surface area contributed by atoms with Crippen molar-refractivity contribution in [2.75, 3.05) is 24.3 Å². The fraction of sp³-hybridized carbons (Fsp3) is 0.333. The molecule has 0 radical (unpaired) electrons. The summed E-state index contributed by atoms with van der Waals surface area (Å²) in [4.78, 5) is 1.24. The van der Waals surface area contributed by atoms with E-state index in [1.807, 2.05) is 19.1 Å². The van der Waals surface area contributed by atoms with E-state index in [1.54, 1.807) is 11.8 Å². The molecule has 0 heterocycles. The zero-order valence-electron chi connectivity index (χ0n) is 12.9. The maximum absolute atomic E-state index is 8.78. The molecule has 0 fully saturated rings. The molecule has 0 bridgehead atoms. The fourth-order valence-electron chi connectivity index (χ4n) is 2.00. The van der Waals surface area contributed by atoms with E-state index >= 15 is 0 Å². The lowest BCUT2D eigenvalue weighted by atomic mass is 10.2. The van der Waals surface area contributed by atoms with E-state index < -0.39 is 0 Å². The van der Waals surface area contributed by atoms with Crippen LogP contribution in [0.5, 0.6) is 5.75 Å². The van der Waals surface area contributed by atoms with Gasteiger partial charge in [0, 0.05) is 29.5 Å². The highest BCUT2D eigenvalue weighted by Crippen LogP contribution is 2.21. The van der Waals surface area contributed by atoms with Gasteiger partial charge < -0.3 is 15.2 Å². The number of benzene rings is 2. The first-order valence-corrected chi connectivity index (χ1v) is 8.59. The standard InChI is InChI=1S/C18H23NO2S/c1-2-21-17-8-4-15(5-9-17)14-19-16-6-10-18(11-7-16)22-13-3-12-20/h4-11,19-20H,2-3,12-14H2,1H3. The van der Waals surface area contributed by atoms with Crippen LogP contribution in [0.4, 0.5) is 5.69 Å². The van der Waals surface area contributed by atoms with Crippen LogP contribution in [0.2, 0.25) is 0 Å². The van der Waals surface area contributed by atoms with Gasteiger partial charge >= 0.3 is 0 Å². The third-order valence-electron chi connectivity index (χ3n) is 3.16. The van der Waals surface area contributed by atoms with Crippen molar-refractivity contribution in [3.63, 3.8) is 0 Å². The molecule has 0 aliphatic carbocycles. The number of hydrogen-bond donors (Lipinski definition) is 2. The highest BCUT2D eigenvalue weighted by Gasteiger charge is 1.98. The Hall–Kier alpha value is -1.65. The molecule has 2 N–H and O–H groups in total. The Kier molecular flexibility index (Phi) is 7.13. The van der Waals surface area contributed by atoms with Crippen LogP contribution in [-0.2, 0) is 6.54 Å². The lowest BCUT2D eigenvalue weighted by Crippen LogP contribution is -1.99. The van der Waals surface area contributed by atoms with Crippen LogP contribution >= 0.6 is 11.8 Å². The Labute approximate surface area is 136 Å². The number of aliphatic hydroxyl groups is 1. The number of rotatable bonds is 9. The molecule has 22 heavy (non-hydrogen) atoms. The van der Waals surface area contributed by atoms with E-state index in [0.29, 0.717) is 6.61 Å². The first-order valence-electron chi connectivity index (χ1n) is 7.61. The molecule has 2 rings (SSSR count). The topological polar surface area (TPSA) is 41.5 Å². The molecule has 0 aliphatic heterocycles. The predicted octanol–water partition coefficient (Wildman–Crippen LogP) is 4.17. The molecule has 0 spiro atoms. The average Bonchev–Trinajstić information content (AvgIpc) is 2.56. The molecular weight excluding hydrogens is 294 g/mol. The second kappa shape index (κ2) is 9.38. The Morgan fingerprint density at radius 1 is 1.05 bits per heavy atom. The molecule has 2 aromatic carbocycles. The SMILES string of the molecule is CCOc1ccc(CNc2ccc(SCCCO)cc2)cc1. The fourth-order valence-corrected chi connectivity index (χ4v) is 2.84. The van der Waals surface area contributed by atoms with Gasteiger partial charge in [0.25, 0.3) is 0 Å². The van der Waals surface area contributed by atoms with Gasteiger partial charge in [0.1, 0.15) is 5.75 Å². The zero-order chi connectivity index (χ0) is 15.6. The third kappa shape index (κ3) is 5.62. The van der Waals surface area contributed by atoms with Crippen molar-refractivity contribution in [1.82, 2.24) is 0 Å². The summed E-state index contributed by atoms with van der Waals surface area (Å²) in [5.74, 6) is 1.87. The number of nitrogens with one attached hydrogen (secondary N) is 1. The van der Waals surface area contributed by atoms with Gasteiger partial charge in [0.15, 0.2) is 0 Å². The molecule has 2 aromatic rings. The molecule has 0 amide bonds. The smallest absolute Gasteiger partial charge is 0.119 e. The Morgan fingerprint density at radius 2 is 1.77 bits per heavy atom. The van der Waals surface area contributed by atoms with E-state index in [4.69, 9.17) is 9.84 Å². The van der Waals surface area contributed by atoms with Gasteiger partial charge in [-0.25, -0.2) is 0 Å². The molecule has 118 valence electrons. The lowest BCUT2D eigenvalue weighted by Gasteiger charge is -2.09. The largest absolute Gasteiger partial charge is 0.494 e. The Morgan fingerprint density at radius 3 is 2.41 bits per heavy atom. The van der Waals surface area contributed by atoms with Gasteiger partial charge in [-0.05, 0) is 55.3 Å². The van der Waals surface area contributed by atoms with E-state index in [2.05, 4.69) is 41.7 Å². The van der Waals surface area contributed by atoms with Crippen molar-refractivity contribution in [2.24, 2.45) is 0 Å². The Bertz CT molecular complexity index is 540. The maximum atomic E-state index is 8.78.